The summed E-state index contributed by atoms with van der Waals surface area (Å²) in [6, 6.07) is 2.54. The fourth-order valence-electron chi connectivity index (χ4n) is 1.84. The summed E-state index contributed by atoms with van der Waals surface area (Å²) in [4.78, 5) is 1.41. The SMILES string of the molecule is Cc1ccsc1C(CCC1CC1)NN. The van der Waals surface area contributed by atoms with E-state index in [4.69, 9.17) is 5.84 Å². The Bertz CT molecular complexity index is 291. The minimum absolute atomic E-state index is 0.371. The van der Waals surface area contributed by atoms with E-state index in [9.17, 15) is 0 Å². The van der Waals surface area contributed by atoms with Gasteiger partial charge in [0.15, 0.2) is 0 Å². The first-order valence-electron chi connectivity index (χ1n) is 5.31. The largest absolute Gasteiger partial charge is 0.271 e. The van der Waals surface area contributed by atoms with Crippen LogP contribution in [0.5, 0.6) is 0 Å². The maximum Gasteiger partial charge on any atom is 0.0556 e. The molecule has 1 aromatic heterocycles. The lowest BCUT2D eigenvalue weighted by Crippen LogP contribution is -2.27. The zero-order valence-electron chi connectivity index (χ0n) is 8.62. The van der Waals surface area contributed by atoms with Crippen molar-refractivity contribution in [2.24, 2.45) is 11.8 Å². The number of hydrogen-bond acceptors (Lipinski definition) is 3. The van der Waals surface area contributed by atoms with Gasteiger partial charge in [0.05, 0.1) is 6.04 Å². The van der Waals surface area contributed by atoms with Gasteiger partial charge in [-0.15, -0.1) is 11.3 Å². The Morgan fingerprint density at radius 2 is 2.43 bits per heavy atom. The second kappa shape index (κ2) is 4.43. The van der Waals surface area contributed by atoms with Crippen LogP contribution in [0.3, 0.4) is 0 Å². The Morgan fingerprint density at radius 3 is 2.93 bits per heavy atom. The molecule has 0 amide bonds. The topological polar surface area (TPSA) is 38.0 Å². The molecule has 1 atom stereocenters. The fourth-order valence-corrected chi connectivity index (χ4v) is 2.86. The standard InChI is InChI=1S/C11H18N2S/c1-8-6-7-14-11(8)10(13-12)5-4-9-2-3-9/h6-7,9-10,13H,2-5,12H2,1H3. The summed E-state index contributed by atoms with van der Waals surface area (Å²) in [7, 11) is 0. The van der Waals surface area contributed by atoms with Crippen molar-refractivity contribution in [3.8, 4) is 0 Å². The first-order valence-corrected chi connectivity index (χ1v) is 6.19. The maximum atomic E-state index is 5.60. The molecule has 14 heavy (non-hydrogen) atoms. The van der Waals surface area contributed by atoms with E-state index < -0.39 is 0 Å². The number of nitrogens with two attached hydrogens (primary N) is 1. The van der Waals surface area contributed by atoms with Gasteiger partial charge in [-0.05, 0) is 42.7 Å². The van der Waals surface area contributed by atoms with Gasteiger partial charge >= 0.3 is 0 Å². The van der Waals surface area contributed by atoms with E-state index in [0.29, 0.717) is 6.04 Å². The van der Waals surface area contributed by atoms with Crippen molar-refractivity contribution in [1.82, 2.24) is 5.43 Å². The minimum atomic E-state index is 0.371. The summed E-state index contributed by atoms with van der Waals surface area (Å²) < 4.78 is 0. The van der Waals surface area contributed by atoms with Crippen molar-refractivity contribution in [3.63, 3.8) is 0 Å². The van der Waals surface area contributed by atoms with Crippen LogP contribution in [0.15, 0.2) is 11.4 Å². The lowest BCUT2D eigenvalue weighted by molar-refractivity contribution is 0.487. The molecule has 1 aromatic rings. The number of aryl methyl sites for hydroxylation is 1. The molecule has 78 valence electrons. The highest BCUT2D eigenvalue weighted by molar-refractivity contribution is 7.10. The molecule has 0 radical (unpaired) electrons. The van der Waals surface area contributed by atoms with Crippen molar-refractivity contribution in [1.29, 1.82) is 0 Å². The number of hydrogen-bond donors (Lipinski definition) is 2. The van der Waals surface area contributed by atoms with E-state index in [2.05, 4.69) is 23.8 Å². The molecule has 3 heteroatoms. The van der Waals surface area contributed by atoms with E-state index in [0.717, 1.165) is 5.92 Å². The third-order valence-corrected chi connectivity index (χ3v) is 4.11. The zero-order valence-corrected chi connectivity index (χ0v) is 9.44. The first-order chi connectivity index (χ1) is 6.81. The summed E-state index contributed by atoms with van der Waals surface area (Å²) in [5, 5.41) is 2.14. The molecule has 1 fully saturated rings. The van der Waals surface area contributed by atoms with Crippen LogP contribution in [0.25, 0.3) is 0 Å². The molecule has 3 N–H and O–H groups in total. The summed E-state index contributed by atoms with van der Waals surface area (Å²) in [6.07, 6.45) is 5.37. The molecule has 1 aliphatic carbocycles. The van der Waals surface area contributed by atoms with Crippen molar-refractivity contribution in [2.75, 3.05) is 0 Å². The second-order valence-electron chi connectivity index (χ2n) is 4.21. The molecule has 0 spiro atoms. The van der Waals surface area contributed by atoms with Crippen LogP contribution in [0, 0.1) is 12.8 Å². The van der Waals surface area contributed by atoms with Crippen molar-refractivity contribution >= 4 is 11.3 Å². The molecule has 1 aliphatic rings. The van der Waals surface area contributed by atoms with Gasteiger partial charge in [0, 0.05) is 4.88 Å². The second-order valence-corrected chi connectivity index (χ2v) is 5.16. The third-order valence-electron chi connectivity index (χ3n) is 2.98. The van der Waals surface area contributed by atoms with Gasteiger partial charge < -0.3 is 0 Å². The first kappa shape index (κ1) is 10.1. The van der Waals surface area contributed by atoms with Crippen LogP contribution < -0.4 is 11.3 Å². The minimum Gasteiger partial charge on any atom is -0.271 e. The van der Waals surface area contributed by atoms with Gasteiger partial charge in [-0.25, -0.2) is 0 Å². The van der Waals surface area contributed by atoms with Gasteiger partial charge in [0.1, 0.15) is 0 Å². The average molecular weight is 210 g/mol. The Labute approximate surface area is 89.5 Å². The van der Waals surface area contributed by atoms with Crippen LogP contribution >= 0.6 is 11.3 Å². The van der Waals surface area contributed by atoms with Gasteiger partial charge in [-0.2, -0.15) is 0 Å². The molecule has 0 saturated heterocycles. The van der Waals surface area contributed by atoms with Gasteiger partial charge in [-0.1, -0.05) is 12.8 Å². The van der Waals surface area contributed by atoms with Gasteiger partial charge in [0.25, 0.3) is 0 Å². The lowest BCUT2D eigenvalue weighted by Gasteiger charge is -2.15. The third kappa shape index (κ3) is 2.35. The van der Waals surface area contributed by atoms with Gasteiger partial charge in [-0.3, -0.25) is 11.3 Å². The van der Waals surface area contributed by atoms with E-state index in [-0.39, 0.29) is 0 Å². The van der Waals surface area contributed by atoms with Gasteiger partial charge in [0.2, 0.25) is 0 Å². The zero-order chi connectivity index (χ0) is 9.97. The normalized spacial score (nSPS) is 18.4. The molecule has 0 aromatic carbocycles. The highest BCUT2D eigenvalue weighted by Crippen LogP contribution is 2.36. The van der Waals surface area contributed by atoms with Crippen LogP contribution in [-0.4, -0.2) is 0 Å². The molecule has 2 nitrogen and oxygen atoms in total. The molecular weight excluding hydrogens is 192 g/mol. The predicted molar refractivity (Wildman–Crippen MR) is 61.1 cm³/mol. The summed E-state index contributed by atoms with van der Waals surface area (Å²) in [5.74, 6) is 6.59. The predicted octanol–water partition coefficient (Wildman–Crippen LogP) is 2.75. The Morgan fingerprint density at radius 1 is 1.64 bits per heavy atom. The molecule has 1 unspecified atom stereocenters. The maximum absolute atomic E-state index is 5.60. The Kier molecular flexibility index (Phi) is 3.21. The van der Waals surface area contributed by atoms with Crippen molar-refractivity contribution in [3.05, 3.63) is 21.9 Å². The Hall–Kier alpha value is -0.380. The lowest BCUT2D eigenvalue weighted by atomic mass is 10.1. The monoisotopic (exact) mass is 210 g/mol. The van der Waals surface area contributed by atoms with Crippen LogP contribution in [0.4, 0.5) is 0 Å². The summed E-state index contributed by atoms with van der Waals surface area (Å²) in [6.45, 7) is 2.16. The number of rotatable bonds is 5. The summed E-state index contributed by atoms with van der Waals surface area (Å²) in [5.41, 5.74) is 4.31. The quantitative estimate of drug-likeness (QED) is 0.579. The average Bonchev–Trinajstić information content (AvgIpc) is 2.92. The van der Waals surface area contributed by atoms with Crippen LogP contribution in [0.1, 0.15) is 42.2 Å². The van der Waals surface area contributed by atoms with Crippen LogP contribution in [0.2, 0.25) is 0 Å². The highest BCUT2D eigenvalue weighted by Gasteiger charge is 2.23. The van der Waals surface area contributed by atoms with E-state index in [1.54, 1.807) is 0 Å². The summed E-state index contributed by atoms with van der Waals surface area (Å²) >= 11 is 1.81. The smallest absolute Gasteiger partial charge is 0.0556 e. The Balaban J connectivity index is 1.93. The molecule has 0 aliphatic heterocycles. The van der Waals surface area contributed by atoms with Crippen molar-refractivity contribution < 1.29 is 0 Å². The molecular formula is C11H18N2S. The van der Waals surface area contributed by atoms with Crippen LogP contribution in [-0.2, 0) is 0 Å². The number of thiophene rings is 1. The molecule has 1 saturated carbocycles. The highest BCUT2D eigenvalue weighted by atomic mass is 32.1. The number of hydrazine groups is 1. The number of nitrogens with one attached hydrogen (secondary N) is 1. The van der Waals surface area contributed by atoms with E-state index in [1.807, 2.05) is 11.3 Å². The fraction of sp³-hybridized carbons (Fsp3) is 0.636. The molecule has 0 bridgehead atoms. The van der Waals surface area contributed by atoms with E-state index >= 15 is 0 Å². The molecule has 1 heterocycles. The van der Waals surface area contributed by atoms with E-state index in [1.165, 1.54) is 36.1 Å². The van der Waals surface area contributed by atoms with Crippen molar-refractivity contribution in [2.45, 2.75) is 38.6 Å². The molecule has 2 rings (SSSR count).